The van der Waals surface area contributed by atoms with E-state index in [-0.39, 0.29) is 31.6 Å². The summed E-state index contributed by atoms with van der Waals surface area (Å²) in [5, 5.41) is 20.0. The first-order valence-electron chi connectivity index (χ1n) is 6.09. The van der Waals surface area contributed by atoms with Gasteiger partial charge in [-0.25, -0.2) is 0 Å². The number of aliphatic carboxylic acids is 2. The lowest BCUT2D eigenvalue weighted by Crippen LogP contribution is -2.39. The van der Waals surface area contributed by atoms with Gasteiger partial charge in [-0.05, 0) is 19.9 Å². The van der Waals surface area contributed by atoms with E-state index in [4.69, 9.17) is 14.9 Å². The Kier molecular flexibility index (Phi) is 8.14. The summed E-state index contributed by atoms with van der Waals surface area (Å²) in [4.78, 5) is 43.3. The third-order valence-electron chi connectivity index (χ3n) is 2.50. The molecule has 0 aliphatic heterocycles. The SMILES string of the molecule is CC(=O)OC(CCN[C@@H](CCC(=O)O)C(=O)O)C(C)=O. The van der Waals surface area contributed by atoms with Crippen molar-refractivity contribution in [1.82, 2.24) is 5.32 Å². The van der Waals surface area contributed by atoms with Crippen molar-refractivity contribution in [2.75, 3.05) is 6.54 Å². The normalized spacial score (nSPS) is 13.3. The number of esters is 1. The van der Waals surface area contributed by atoms with Crippen molar-refractivity contribution in [3.8, 4) is 0 Å². The van der Waals surface area contributed by atoms with Gasteiger partial charge in [-0.2, -0.15) is 0 Å². The highest BCUT2D eigenvalue weighted by atomic mass is 16.5. The zero-order chi connectivity index (χ0) is 15.7. The number of rotatable bonds is 10. The molecule has 1 unspecified atom stereocenters. The molecule has 0 saturated carbocycles. The highest BCUT2D eigenvalue weighted by Crippen LogP contribution is 2.03. The third-order valence-corrected chi connectivity index (χ3v) is 2.50. The Labute approximate surface area is 116 Å². The van der Waals surface area contributed by atoms with E-state index in [2.05, 4.69) is 5.32 Å². The summed E-state index contributed by atoms with van der Waals surface area (Å²) in [6, 6.07) is -1.02. The lowest BCUT2D eigenvalue weighted by atomic mass is 10.1. The van der Waals surface area contributed by atoms with Crippen molar-refractivity contribution in [3.63, 3.8) is 0 Å². The first-order chi connectivity index (χ1) is 9.23. The average molecular weight is 289 g/mol. The molecule has 0 fully saturated rings. The molecular weight excluding hydrogens is 270 g/mol. The van der Waals surface area contributed by atoms with Crippen molar-refractivity contribution < 1.29 is 34.1 Å². The van der Waals surface area contributed by atoms with Crippen molar-refractivity contribution in [2.24, 2.45) is 0 Å². The number of Topliss-reactive ketones (excluding diaryl/α,β-unsaturated/α-hetero) is 1. The molecular formula is C12H19NO7. The maximum Gasteiger partial charge on any atom is 0.320 e. The van der Waals surface area contributed by atoms with Crippen LogP contribution in [0, 0.1) is 0 Å². The van der Waals surface area contributed by atoms with Crippen LogP contribution >= 0.6 is 0 Å². The minimum Gasteiger partial charge on any atom is -0.481 e. The van der Waals surface area contributed by atoms with Crippen LogP contribution in [-0.4, -0.2) is 52.6 Å². The van der Waals surface area contributed by atoms with Crippen LogP contribution in [0.1, 0.15) is 33.1 Å². The van der Waals surface area contributed by atoms with E-state index in [9.17, 15) is 19.2 Å². The number of ether oxygens (including phenoxy) is 1. The molecule has 0 saturated heterocycles. The summed E-state index contributed by atoms with van der Waals surface area (Å²) in [7, 11) is 0. The van der Waals surface area contributed by atoms with Gasteiger partial charge in [-0.1, -0.05) is 0 Å². The smallest absolute Gasteiger partial charge is 0.320 e. The minimum absolute atomic E-state index is 0.0665. The van der Waals surface area contributed by atoms with Gasteiger partial charge in [0.1, 0.15) is 6.04 Å². The van der Waals surface area contributed by atoms with Crippen LogP contribution in [0.25, 0.3) is 0 Å². The predicted molar refractivity (Wildman–Crippen MR) is 67.1 cm³/mol. The number of carboxylic acid groups (broad SMARTS) is 2. The van der Waals surface area contributed by atoms with Gasteiger partial charge in [-0.15, -0.1) is 0 Å². The monoisotopic (exact) mass is 289 g/mol. The van der Waals surface area contributed by atoms with Crippen LogP contribution in [0.3, 0.4) is 0 Å². The van der Waals surface area contributed by atoms with E-state index >= 15 is 0 Å². The Morgan fingerprint density at radius 1 is 1.10 bits per heavy atom. The molecule has 3 N–H and O–H groups in total. The quantitative estimate of drug-likeness (QED) is 0.471. The van der Waals surface area contributed by atoms with E-state index in [1.807, 2.05) is 0 Å². The molecule has 0 radical (unpaired) electrons. The van der Waals surface area contributed by atoms with Crippen LogP contribution in [0.15, 0.2) is 0 Å². The van der Waals surface area contributed by atoms with Gasteiger partial charge in [0.25, 0.3) is 0 Å². The van der Waals surface area contributed by atoms with Crippen LogP contribution in [-0.2, 0) is 23.9 Å². The molecule has 0 amide bonds. The Balaban J connectivity index is 4.26. The minimum atomic E-state index is -1.17. The summed E-state index contributed by atoms with van der Waals surface area (Å²) in [5.41, 5.74) is 0. The number of hydrogen-bond donors (Lipinski definition) is 3. The summed E-state index contributed by atoms with van der Waals surface area (Å²) < 4.78 is 4.78. The summed E-state index contributed by atoms with van der Waals surface area (Å²) in [5.74, 6) is -3.18. The molecule has 0 aliphatic carbocycles. The lowest BCUT2D eigenvalue weighted by Gasteiger charge is -2.17. The van der Waals surface area contributed by atoms with Gasteiger partial charge in [0, 0.05) is 19.8 Å². The number of hydrogen-bond acceptors (Lipinski definition) is 6. The predicted octanol–water partition coefficient (Wildman–Crippen LogP) is -0.195. The van der Waals surface area contributed by atoms with Crippen molar-refractivity contribution in [3.05, 3.63) is 0 Å². The van der Waals surface area contributed by atoms with Gasteiger partial charge in [0.2, 0.25) is 0 Å². The molecule has 0 rings (SSSR count). The molecule has 8 nitrogen and oxygen atoms in total. The molecule has 0 heterocycles. The first kappa shape index (κ1) is 18.0. The van der Waals surface area contributed by atoms with Crippen molar-refractivity contribution in [2.45, 2.75) is 45.3 Å². The summed E-state index contributed by atoms with van der Waals surface area (Å²) in [6.07, 6.45) is -1.13. The fourth-order valence-corrected chi connectivity index (χ4v) is 1.51. The number of ketones is 1. The zero-order valence-electron chi connectivity index (χ0n) is 11.4. The Morgan fingerprint density at radius 2 is 1.70 bits per heavy atom. The Bertz CT molecular complexity index is 380. The summed E-state index contributed by atoms with van der Waals surface area (Å²) in [6.45, 7) is 2.57. The second-order valence-electron chi connectivity index (χ2n) is 4.27. The maximum atomic E-state index is 11.2. The molecule has 2 atom stereocenters. The lowest BCUT2D eigenvalue weighted by molar-refractivity contribution is -0.152. The van der Waals surface area contributed by atoms with Gasteiger partial charge >= 0.3 is 17.9 Å². The van der Waals surface area contributed by atoms with Crippen LogP contribution in [0.5, 0.6) is 0 Å². The largest absolute Gasteiger partial charge is 0.481 e. The van der Waals surface area contributed by atoms with E-state index in [0.29, 0.717) is 0 Å². The van der Waals surface area contributed by atoms with Gasteiger partial charge in [0.05, 0.1) is 0 Å². The molecule has 20 heavy (non-hydrogen) atoms. The van der Waals surface area contributed by atoms with Gasteiger partial charge < -0.3 is 20.3 Å². The zero-order valence-corrected chi connectivity index (χ0v) is 11.4. The number of carboxylic acids is 2. The van der Waals surface area contributed by atoms with E-state index < -0.39 is 30.1 Å². The van der Waals surface area contributed by atoms with Gasteiger partial charge in [0.15, 0.2) is 11.9 Å². The molecule has 0 aromatic heterocycles. The van der Waals surface area contributed by atoms with Crippen molar-refractivity contribution >= 4 is 23.7 Å². The number of carbonyl (C=O) groups excluding carboxylic acids is 2. The second-order valence-corrected chi connectivity index (χ2v) is 4.27. The fraction of sp³-hybridized carbons (Fsp3) is 0.667. The number of carbonyl (C=O) groups is 4. The van der Waals surface area contributed by atoms with E-state index in [1.165, 1.54) is 13.8 Å². The molecule has 0 aliphatic rings. The van der Waals surface area contributed by atoms with E-state index in [1.54, 1.807) is 0 Å². The molecule has 0 bridgehead atoms. The molecule has 114 valence electrons. The molecule has 0 spiro atoms. The van der Waals surface area contributed by atoms with Crippen LogP contribution < -0.4 is 5.32 Å². The first-order valence-corrected chi connectivity index (χ1v) is 6.09. The highest BCUT2D eigenvalue weighted by molar-refractivity contribution is 5.83. The fourth-order valence-electron chi connectivity index (χ4n) is 1.51. The highest BCUT2D eigenvalue weighted by Gasteiger charge is 2.21. The standard InChI is InChI=1S/C12H19NO7/c1-7(14)10(20-8(2)15)5-6-13-9(12(18)19)3-4-11(16)17/h9-10,13H,3-6H2,1-2H3,(H,16,17)(H,18,19)/t9-,10?/m0/s1. The third kappa shape index (κ3) is 8.20. The van der Waals surface area contributed by atoms with Crippen LogP contribution in [0.2, 0.25) is 0 Å². The molecule has 0 aromatic rings. The average Bonchev–Trinajstić information content (AvgIpc) is 2.30. The number of nitrogens with one attached hydrogen (secondary N) is 1. The maximum absolute atomic E-state index is 11.2. The summed E-state index contributed by atoms with van der Waals surface area (Å²) >= 11 is 0. The second kappa shape index (κ2) is 9.03. The van der Waals surface area contributed by atoms with Crippen LogP contribution in [0.4, 0.5) is 0 Å². The van der Waals surface area contributed by atoms with Crippen molar-refractivity contribution in [1.29, 1.82) is 0 Å². The van der Waals surface area contributed by atoms with Gasteiger partial charge in [-0.3, -0.25) is 19.2 Å². The molecule has 0 aromatic carbocycles. The molecule has 8 heteroatoms. The Morgan fingerprint density at radius 3 is 2.10 bits per heavy atom. The van der Waals surface area contributed by atoms with E-state index in [0.717, 1.165) is 0 Å². The topological polar surface area (TPSA) is 130 Å². The Hall–Kier alpha value is -1.96.